The smallest absolute Gasteiger partial charge is 0.0515 e. The Labute approximate surface area is 161 Å². The molecule has 3 aliphatic rings. The summed E-state index contributed by atoms with van der Waals surface area (Å²) in [5.74, 6) is 5.98. The first-order chi connectivity index (χ1) is 12.7. The topological polar surface area (TPSA) is 29.5 Å². The Kier molecular flexibility index (Phi) is 8.06. The number of hydrogen-bond donors (Lipinski definition) is 1. The molecule has 150 valence electrons. The van der Waals surface area contributed by atoms with E-state index in [4.69, 9.17) is 4.74 Å². The molecule has 3 aliphatic carbocycles. The van der Waals surface area contributed by atoms with Crippen LogP contribution in [0.1, 0.15) is 77.0 Å². The van der Waals surface area contributed by atoms with E-state index in [1.165, 1.54) is 77.0 Å². The van der Waals surface area contributed by atoms with E-state index in [9.17, 15) is 5.11 Å². The standard InChI is InChI=1S/C24H42O2/c1-3-4-5-18-6-8-19(9-7-18)20-10-11-22-15-23(13-12-21(22)14-20)24(16-25)17-26-2/h3,18-25H,1,4-17H2,2H3. The van der Waals surface area contributed by atoms with Gasteiger partial charge in [0.25, 0.3) is 0 Å². The molecule has 0 amide bonds. The van der Waals surface area contributed by atoms with E-state index in [0.717, 1.165) is 36.2 Å². The molecule has 0 saturated heterocycles. The molecule has 3 saturated carbocycles. The molecule has 0 spiro atoms. The maximum absolute atomic E-state index is 9.71. The third kappa shape index (κ3) is 5.13. The van der Waals surface area contributed by atoms with E-state index in [0.29, 0.717) is 18.4 Å². The number of aliphatic hydroxyl groups excluding tert-OH is 1. The molecule has 3 rings (SSSR count). The summed E-state index contributed by atoms with van der Waals surface area (Å²) in [6, 6.07) is 0. The van der Waals surface area contributed by atoms with Gasteiger partial charge in [0.1, 0.15) is 0 Å². The second kappa shape index (κ2) is 10.3. The number of rotatable bonds is 8. The van der Waals surface area contributed by atoms with Crippen molar-refractivity contribution in [1.82, 2.24) is 0 Å². The Morgan fingerprint density at radius 2 is 1.54 bits per heavy atom. The summed E-state index contributed by atoms with van der Waals surface area (Å²) in [5, 5.41) is 9.71. The number of fused-ring (bicyclic) bond motifs is 1. The Bertz CT molecular complexity index is 412. The first-order valence-corrected chi connectivity index (χ1v) is 11.5. The van der Waals surface area contributed by atoms with Crippen molar-refractivity contribution in [3.05, 3.63) is 12.7 Å². The van der Waals surface area contributed by atoms with Gasteiger partial charge in [-0.1, -0.05) is 18.9 Å². The molecule has 2 nitrogen and oxygen atoms in total. The molecule has 0 heterocycles. The van der Waals surface area contributed by atoms with Crippen LogP contribution in [0.25, 0.3) is 0 Å². The number of methoxy groups -OCH3 is 1. The lowest BCUT2D eigenvalue weighted by molar-refractivity contribution is 0.0120. The molecule has 0 aliphatic heterocycles. The van der Waals surface area contributed by atoms with Crippen LogP contribution in [0, 0.1) is 41.4 Å². The molecular weight excluding hydrogens is 320 g/mol. The van der Waals surface area contributed by atoms with Crippen LogP contribution in [-0.2, 0) is 4.74 Å². The monoisotopic (exact) mass is 362 g/mol. The summed E-state index contributed by atoms with van der Waals surface area (Å²) in [5.41, 5.74) is 0. The first-order valence-electron chi connectivity index (χ1n) is 11.5. The van der Waals surface area contributed by atoms with Crippen LogP contribution < -0.4 is 0 Å². The van der Waals surface area contributed by atoms with Crippen LogP contribution in [0.15, 0.2) is 12.7 Å². The van der Waals surface area contributed by atoms with Gasteiger partial charge < -0.3 is 9.84 Å². The fourth-order valence-electron chi connectivity index (χ4n) is 6.67. The number of allylic oxidation sites excluding steroid dienone is 1. The van der Waals surface area contributed by atoms with Gasteiger partial charge >= 0.3 is 0 Å². The SMILES string of the molecule is C=CCCC1CCC(C2CCC3CC(C(CO)COC)CCC3C2)CC1. The van der Waals surface area contributed by atoms with Crippen molar-refractivity contribution in [2.75, 3.05) is 20.3 Å². The minimum Gasteiger partial charge on any atom is -0.396 e. The van der Waals surface area contributed by atoms with Gasteiger partial charge in [-0.15, -0.1) is 6.58 Å². The van der Waals surface area contributed by atoms with Gasteiger partial charge in [-0.3, -0.25) is 0 Å². The summed E-state index contributed by atoms with van der Waals surface area (Å²) in [6.45, 7) is 4.91. The summed E-state index contributed by atoms with van der Waals surface area (Å²) in [4.78, 5) is 0. The summed E-state index contributed by atoms with van der Waals surface area (Å²) < 4.78 is 5.35. The Balaban J connectivity index is 1.44. The minimum absolute atomic E-state index is 0.299. The lowest BCUT2D eigenvalue weighted by Crippen LogP contribution is -2.37. The van der Waals surface area contributed by atoms with Gasteiger partial charge in [0.2, 0.25) is 0 Å². The molecular formula is C24H42O2. The maximum Gasteiger partial charge on any atom is 0.0515 e. The molecule has 1 N–H and O–H groups in total. The van der Waals surface area contributed by atoms with Crippen LogP contribution >= 0.6 is 0 Å². The fourth-order valence-corrected chi connectivity index (χ4v) is 6.67. The van der Waals surface area contributed by atoms with E-state index >= 15 is 0 Å². The lowest BCUT2D eigenvalue weighted by Gasteiger charge is -2.46. The van der Waals surface area contributed by atoms with Crippen molar-refractivity contribution in [2.24, 2.45) is 41.4 Å². The molecule has 26 heavy (non-hydrogen) atoms. The third-order valence-electron chi connectivity index (χ3n) is 8.31. The average molecular weight is 363 g/mol. The van der Waals surface area contributed by atoms with E-state index < -0.39 is 0 Å². The van der Waals surface area contributed by atoms with Gasteiger partial charge in [0.15, 0.2) is 0 Å². The van der Waals surface area contributed by atoms with Gasteiger partial charge in [-0.05, 0) is 99.7 Å². The highest BCUT2D eigenvalue weighted by molar-refractivity contribution is 4.91. The highest BCUT2D eigenvalue weighted by atomic mass is 16.5. The van der Waals surface area contributed by atoms with Gasteiger partial charge in [0.05, 0.1) is 6.61 Å². The van der Waals surface area contributed by atoms with Crippen molar-refractivity contribution in [3.63, 3.8) is 0 Å². The van der Waals surface area contributed by atoms with Crippen molar-refractivity contribution < 1.29 is 9.84 Å². The Morgan fingerprint density at radius 3 is 2.19 bits per heavy atom. The van der Waals surface area contributed by atoms with E-state index in [1.54, 1.807) is 7.11 Å². The van der Waals surface area contributed by atoms with Crippen molar-refractivity contribution >= 4 is 0 Å². The third-order valence-corrected chi connectivity index (χ3v) is 8.31. The zero-order valence-electron chi connectivity index (χ0n) is 17.1. The average Bonchev–Trinajstić information content (AvgIpc) is 2.70. The summed E-state index contributed by atoms with van der Waals surface area (Å²) in [6.07, 6.45) is 19.1. The summed E-state index contributed by atoms with van der Waals surface area (Å²) >= 11 is 0. The highest BCUT2D eigenvalue weighted by Crippen LogP contribution is 2.50. The number of ether oxygens (including phenoxy) is 1. The molecule has 0 radical (unpaired) electrons. The molecule has 5 unspecified atom stereocenters. The van der Waals surface area contributed by atoms with Gasteiger partial charge in [0, 0.05) is 19.6 Å². The normalized spacial score (nSPS) is 39.2. The van der Waals surface area contributed by atoms with Crippen molar-refractivity contribution in [1.29, 1.82) is 0 Å². The molecule has 0 aromatic heterocycles. The van der Waals surface area contributed by atoms with Crippen LogP contribution in [0.4, 0.5) is 0 Å². The second-order valence-corrected chi connectivity index (χ2v) is 9.71. The molecule has 0 bridgehead atoms. The van der Waals surface area contributed by atoms with Crippen LogP contribution in [0.3, 0.4) is 0 Å². The molecule has 5 atom stereocenters. The van der Waals surface area contributed by atoms with E-state index in [1.807, 2.05) is 0 Å². The predicted molar refractivity (Wildman–Crippen MR) is 109 cm³/mol. The zero-order chi connectivity index (χ0) is 18.4. The number of aliphatic hydroxyl groups is 1. The quantitative estimate of drug-likeness (QED) is 0.549. The Morgan fingerprint density at radius 1 is 0.923 bits per heavy atom. The molecule has 2 heteroatoms. The van der Waals surface area contributed by atoms with Crippen LogP contribution in [0.5, 0.6) is 0 Å². The Hall–Kier alpha value is -0.340. The lowest BCUT2D eigenvalue weighted by atomic mass is 9.60. The predicted octanol–water partition coefficient (Wildman–Crippen LogP) is 5.85. The van der Waals surface area contributed by atoms with E-state index in [2.05, 4.69) is 12.7 Å². The van der Waals surface area contributed by atoms with Crippen molar-refractivity contribution in [2.45, 2.75) is 77.0 Å². The minimum atomic E-state index is 0.299. The second-order valence-electron chi connectivity index (χ2n) is 9.71. The molecule has 0 aromatic carbocycles. The largest absolute Gasteiger partial charge is 0.396 e. The first kappa shape index (κ1) is 20.4. The van der Waals surface area contributed by atoms with Gasteiger partial charge in [-0.2, -0.15) is 0 Å². The van der Waals surface area contributed by atoms with Gasteiger partial charge in [-0.25, -0.2) is 0 Å². The summed E-state index contributed by atoms with van der Waals surface area (Å²) in [7, 11) is 1.77. The molecule has 0 aromatic rings. The highest BCUT2D eigenvalue weighted by Gasteiger charge is 2.40. The van der Waals surface area contributed by atoms with E-state index in [-0.39, 0.29) is 0 Å². The fraction of sp³-hybridized carbons (Fsp3) is 0.917. The zero-order valence-corrected chi connectivity index (χ0v) is 17.1. The van der Waals surface area contributed by atoms with Crippen LogP contribution in [0.2, 0.25) is 0 Å². The molecule has 3 fully saturated rings. The van der Waals surface area contributed by atoms with Crippen LogP contribution in [-0.4, -0.2) is 25.4 Å². The number of hydrogen-bond acceptors (Lipinski definition) is 2. The maximum atomic E-state index is 9.71. The van der Waals surface area contributed by atoms with Crippen molar-refractivity contribution in [3.8, 4) is 0 Å².